The van der Waals surface area contributed by atoms with Gasteiger partial charge in [-0.1, -0.05) is 0 Å². The van der Waals surface area contributed by atoms with Gasteiger partial charge in [0, 0.05) is 6.92 Å². The lowest BCUT2D eigenvalue weighted by molar-refractivity contribution is -0.155. The van der Waals surface area contributed by atoms with E-state index in [1.165, 1.54) is 11.5 Å². The van der Waals surface area contributed by atoms with Gasteiger partial charge in [-0.2, -0.15) is 4.98 Å². The van der Waals surface area contributed by atoms with Gasteiger partial charge >= 0.3 is 5.97 Å². The number of ether oxygens (including phenoxy) is 2. The Morgan fingerprint density at radius 3 is 2.88 bits per heavy atom. The Labute approximate surface area is 139 Å². The second kappa shape index (κ2) is 5.98. The fourth-order valence-electron chi connectivity index (χ4n) is 2.66. The predicted molar refractivity (Wildman–Crippen MR) is 82.5 cm³/mol. The quantitative estimate of drug-likeness (QED) is 0.326. The molecule has 0 saturated carbocycles. The van der Waals surface area contributed by atoms with Gasteiger partial charge in [-0.3, -0.25) is 19.1 Å². The number of aromatic nitrogens is 4. The molecule has 130 valence electrons. The molecule has 0 aliphatic carbocycles. The molecule has 0 bridgehead atoms. The van der Waals surface area contributed by atoms with Crippen LogP contribution in [0.3, 0.4) is 0 Å². The van der Waals surface area contributed by atoms with E-state index in [1.807, 2.05) is 0 Å². The molecule has 1 aliphatic rings. The molecule has 11 nitrogen and oxygen atoms in total. The number of nitrogens with zero attached hydrogens (tertiary/aromatic N) is 2. The highest BCUT2D eigenvalue weighted by molar-refractivity contribution is 7.71. The van der Waals surface area contributed by atoms with Crippen molar-refractivity contribution < 1.29 is 24.5 Å². The predicted octanol–water partition coefficient (Wildman–Crippen LogP) is -1.45. The van der Waals surface area contributed by atoms with Crippen molar-refractivity contribution in [2.45, 2.75) is 31.5 Å². The molecule has 1 fully saturated rings. The molecular weight excluding hydrogens is 342 g/mol. The van der Waals surface area contributed by atoms with Gasteiger partial charge in [-0.05, 0) is 12.2 Å². The number of imidazole rings is 1. The SMILES string of the molecule is CC(=O)O[C@@H]1[C@H](O)[C@@H](CO)O[C@H]1n1c(=S)[nH]c2c(=O)[nH]c(N)nc21. The number of esters is 1. The van der Waals surface area contributed by atoms with E-state index < -0.39 is 42.7 Å². The highest BCUT2D eigenvalue weighted by atomic mass is 32.1. The van der Waals surface area contributed by atoms with Crippen LogP contribution < -0.4 is 11.3 Å². The second-order valence-electron chi connectivity index (χ2n) is 5.26. The van der Waals surface area contributed by atoms with E-state index in [2.05, 4.69) is 15.0 Å². The summed E-state index contributed by atoms with van der Waals surface area (Å²) in [5.41, 5.74) is 5.15. The summed E-state index contributed by atoms with van der Waals surface area (Å²) in [4.78, 5) is 32.3. The molecule has 1 saturated heterocycles. The van der Waals surface area contributed by atoms with E-state index in [4.69, 9.17) is 27.4 Å². The van der Waals surface area contributed by atoms with Crippen LogP contribution in [0.5, 0.6) is 0 Å². The van der Waals surface area contributed by atoms with Crippen LogP contribution >= 0.6 is 12.2 Å². The summed E-state index contributed by atoms with van der Waals surface area (Å²) in [6.07, 6.45) is -4.51. The Morgan fingerprint density at radius 2 is 2.25 bits per heavy atom. The number of carbonyl (C=O) groups is 1. The van der Waals surface area contributed by atoms with E-state index in [0.29, 0.717) is 0 Å². The molecule has 1 aliphatic heterocycles. The number of fused-ring (bicyclic) bond motifs is 1. The molecule has 4 atom stereocenters. The number of rotatable bonds is 3. The first-order valence-electron chi connectivity index (χ1n) is 6.95. The maximum absolute atomic E-state index is 11.9. The Morgan fingerprint density at radius 1 is 1.54 bits per heavy atom. The summed E-state index contributed by atoms with van der Waals surface area (Å²) in [6.45, 7) is 0.673. The number of aromatic amines is 2. The van der Waals surface area contributed by atoms with E-state index >= 15 is 0 Å². The monoisotopic (exact) mass is 357 g/mol. The fourth-order valence-corrected chi connectivity index (χ4v) is 2.95. The summed E-state index contributed by atoms with van der Waals surface area (Å²) in [6, 6.07) is 0. The molecule has 12 heteroatoms. The van der Waals surface area contributed by atoms with Crippen molar-refractivity contribution in [1.29, 1.82) is 0 Å². The van der Waals surface area contributed by atoms with Crippen LogP contribution in [-0.2, 0) is 14.3 Å². The number of nitrogen functional groups attached to an aromatic ring is 1. The molecule has 3 heterocycles. The number of carbonyl (C=O) groups excluding carboxylic acids is 1. The molecule has 24 heavy (non-hydrogen) atoms. The number of aliphatic hydroxyl groups excluding tert-OH is 2. The van der Waals surface area contributed by atoms with Gasteiger partial charge in [-0.15, -0.1) is 0 Å². The number of nitrogens with two attached hydrogens (primary N) is 1. The Bertz CT molecular complexity index is 903. The van der Waals surface area contributed by atoms with Gasteiger partial charge in [0.2, 0.25) is 5.95 Å². The van der Waals surface area contributed by atoms with Crippen molar-refractivity contribution in [2.24, 2.45) is 0 Å². The number of nitrogens with one attached hydrogen (secondary N) is 2. The van der Waals surface area contributed by atoms with Crippen LogP contribution in [-0.4, -0.2) is 60.6 Å². The smallest absolute Gasteiger partial charge is 0.303 e. The lowest BCUT2D eigenvalue weighted by Gasteiger charge is -2.21. The summed E-state index contributed by atoms with van der Waals surface area (Å²) in [5, 5.41) is 19.5. The topological polar surface area (TPSA) is 168 Å². The largest absolute Gasteiger partial charge is 0.455 e. The highest BCUT2D eigenvalue weighted by Gasteiger charge is 2.47. The minimum absolute atomic E-state index is 0.0568. The first-order chi connectivity index (χ1) is 11.3. The van der Waals surface area contributed by atoms with Gasteiger partial charge in [0.25, 0.3) is 5.56 Å². The van der Waals surface area contributed by atoms with Crippen molar-refractivity contribution in [2.75, 3.05) is 12.3 Å². The van der Waals surface area contributed by atoms with Crippen LogP contribution in [0.4, 0.5) is 5.95 Å². The zero-order valence-electron chi connectivity index (χ0n) is 12.4. The fraction of sp³-hybridized carbons (Fsp3) is 0.500. The van der Waals surface area contributed by atoms with Gasteiger partial charge in [-0.25, -0.2) is 0 Å². The van der Waals surface area contributed by atoms with Crippen LogP contribution in [0.1, 0.15) is 13.2 Å². The molecule has 0 radical (unpaired) electrons. The van der Waals surface area contributed by atoms with Gasteiger partial charge in [0.1, 0.15) is 12.2 Å². The maximum atomic E-state index is 11.9. The van der Waals surface area contributed by atoms with Gasteiger partial charge in [0.05, 0.1) is 6.61 Å². The van der Waals surface area contributed by atoms with Crippen LogP contribution in [0.2, 0.25) is 0 Å². The number of hydrogen-bond donors (Lipinski definition) is 5. The van der Waals surface area contributed by atoms with Crippen molar-refractivity contribution in [3.05, 3.63) is 15.1 Å². The number of hydrogen-bond acceptors (Lipinski definition) is 9. The van der Waals surface area contributed by atoms with E-state index in [-0.39, 0.29) is 21.9 Å². The Hall–Kier alpha value is -2.28. The molecule has 0 amide bonds. The van der Waals surface area contributed by atoms with Crippen molar-refractivity contribution >= 4 is 35.3 Å². The van der Waals surface area contributed by atoms with E-state index in [9.17, 15) is 19.8 Å². The standard InChI is InChI=1S/C12H15N5O6S/c1-3(19)22-7-6(20)4(2-18)23-10(7)17-8-5(14-12(17)24)9(21)16-11(13)15-8/h4,6-7,10,18,20H,2H2,1H3,(H,14,24)(H3,13,15,16,21)/t4-,6-,7-,10-/m1/s1. The van der Waals surface area contributed by atoms with Crippen molar-refractivity contribution in [3.63, 3.8) is 0 Å². The second-order valence-corrected chi connectivity index (χ2v) is 5.65. The molecule has 3 rings (SSSR count). The summed E-state index contributed by atoms with van der Waals surface area (Å²) in [7, 11) is 0. The van der Waals surface area contributed by atoms with E-state index in [0.717, 1.165) is 0 Å². The molecule has 2 aromatic rings. The zero-order chi connectivity index (χ0) is 17.6. The first kappa shape index (κ1) is 16.6. The summed E-state index contributed by atoms with van der Waals surface area (Å²) >= 11 is 5.18. The summed E-state index contributed by atoms with van der Waals surface area (Å²) < 4.78 is 12.0. The van der Waals surface area contributed by atoms with Crippen LogP contribution in [0.25, 0.3) is 11.2 Å². The molecule has 0 aromatic carbocycles. The lowest BCUT2D eigenvalue weighted by Crippen LogP contribution is -2.36. The van der Waals surface area contributed by atoms with Crippen molar-refractivity contribution in [3.8, 4) is 0 Å². The minimum atomic E-state index is -1.28. The maximum Gasteiger partial charge on any atom is 0.303 e. The Kier molecular flexibility index (Phi) is 4.13. The lowest BCUT2D eigenvalue weighted by atomic mass is 10.1. The van der Waals surface area contributed by atoms with Gasteiger partial charge < -0.3 is 30.4 Å². The highest BCUT2D eigenvalue weighted by Crippen LogP contribution is 2.33. The first-order valence-corrected chi connectivity index (χ1v) is 7.36. The zero-order valence-corrected chi connectivity index (χ0v) is 13.2. The van der Waals surface area contributed by atoms with Gasteiger partial charge in [0.15, 0.2) is 28.3 Å². The third-order valence-electron chi connectivity index (χ3n) is 3.65. The third kappa shape index (κ3) is 2.58. The van der Waals surface area contributed by atoms with Crippen LogP contribution in [0, 0.1) is 4.77 Å². The number of anilines is 1. The third-order valence-corrected chi connectivity index (χ3v) is 3.95. The summed E-state index contributed by atoms with van der Waals surface area (Å²) in [5.74, 6) is -0.792. The molecule has 2 aromatic heterocycles. The molecule has 0 unspecified atom stereocenters. The normalized spacial score (nSPS) is 26.8. The van der Waals surface area contributed by atoms with Crippen molar-refractivity contribution in [1.82, 2.24) is 19.5 Å². The number of aliphatic hydroxyl groups is 2. The van der Waals surface area contributed by atoms with Crippen LogP contribution in [0.15, 0.2) is 4.79 Å². The molecule has 6 N–H and O–H groups in total. The Balaban J connectivity index is 2.17. The average molecular weight is 357 g/mol. The molecule has 0 spiro atoms. The minimum Gasteiger partial charge on any atom is -0.455 e. The number of H-pyrrole nitrogens is 2. The molecular formula is C12H15N5O6S. The average Bonchev–Trinajstić information content (AvgIpc) is 2.97. The van der Waals surface area contributed by atoms with E-state index in [1.54, 1.807) is 0 Å².